The molecule has 2 aromatic carbocycles. The molecule has 1 aliphatic rings. The Bertz CT molecular complexity index is 1350. The minimum Gasteiger partial charge on any atom is -0.508 e. The average molecular weight is 473 g/mol. The molecular formula is C23H19F4N5O2. The van der Waals surface area contributed by atoms with Crippen molar-refractivity contribution in [2.75, 3.05) is 18.5 Å². The van der Waals surface area contributed by atoms with Gasteiger partial charge in [0.25, 0.3) is 0 Å². The number of hydrogen-bond donors (Lipinski definition) is 2. The van der Waals surface area contributed by atoms with Crippen molar-refractivity contribution in [1.82, 2.24) is 19.5 Å². The van der Waals surface area contributed by atoms with Crippen molar-refractivity contribution in [1.29, 1.82) is 0 Å². The minimum atomic E-state index is -4.87. The van der Waals surface area contributed by atoms with Crippen LogP contribution in [-0.4, -0.2) is 43.9 Å². The number of aromatic nitrogens is 4. The first-order valence-corrected chi connectivity index (χ1v) is 10.6. The second kappa shape index (κ2) is 8.56. The fourth-order valence-corrected chi connectivity index (χ4v) is 3.94. The van der Waals surface area contributed by atoms with Gasteiger partial charge in [0, 0.05) is 37.1 Å². The molecule has 34 heavy (non-hydrogen) atoms. The largest absolute Gasteiger partial charge is 0.508 e. The van der Waals surface area contributed by atoms with Gasteiger partial charge in [-0.25, -0.2) is 14.4 Å². The van der Waals surface area contributed by atoms with Crippen LogP contribution >= 0.6 is 0 Å². The third-order valence-corrected chi connectivity index (χ3v) is 5.59. The summed E-state index contributed by atoms with van der Waals surface area (Å²) in [6, 6.07) is 8.86. The van der Waals surface area contributed by atoms with Gasteiger partial charge in [-0.15, -0.1) is 0 Å². The van der Waals surface area contributed by atoms with E-state index in [1.165, 1.54) is 24.4 Å². The number of halogens is 4. The number of hydrogen-bond acceptors (Lipinski definition) is 6. The molecule has 0 spiro atoms. The Morgan fingerprint density at radius 2 is 1.82 bits per heavy atom. The van der Waals surface area contributed by atoms with Crippen LogP contribution in [0.2, 0.25) is 0 Å². The molecule has 11 heteroatoms. The summed E-state index contributed by atoms with van der Waals surface area (Å²) in [5.41, 5.74) is -0.509. The number of ether oxygens (including phenoxy) is 1. The molecule has 0 aliphatic carbocycles. The van der Waals surface area contributed by atoms with Gasteiger partial charge in [-0.1, -0.05) is 0 Å². The van der Waals surface area contributed by atoms with E-state index in [-0.39, 0.29) is 23.2 Å². The molecule has 176 valence electrons. The zero-order valence-electron chi connectivity index (χ0n) is 17.7. The van der Waals surface area contributed by atoms with E-state index in [0.29, 0.717) is 36.0 Å². The second-order valence-electron chi connectivity index (χ2n) is 7.91. The van der Waals surface area contributed by atoms with E-state index in [4.69, 9.17) is 4.74 Å². The smallest absolute Gasteiger partial charge is 0.419 e. The molecule has 0 radical (unpaired) electrons. The van der Waals surface area contributed by atoms with Crippen LogP contribution in [0.1, 0.15) is 18.4 Å². The number of nitrogens with zero attached hydrogens (tertiary/aromatic N) is 4. The van der Waals surface area contributed by atoms with Crippen LogP contribution in [0, 0.1) is 5.82 Å². The van der Waals surface area contributed by atoms with Gasteiger partial charge in [-0.05, 0) is 49.2 Å². The number of benzene rings is 2. The summed E-state index contributed by atoms with van der Waals surface area (Å²) >= 11 is 0. The van der Waals surface area contributed by atoms with Gasteiger partial charge >= 0.3 is 6.18 Å². The summed E-state index contributed by atoms with van der Waals surface area (Å²) in [5, 5.41) is 13.2. The normalized spacial score (nSPS) is 15.1. The lowest BCUT2D eigenvalue weighted by molar-refractivity contribution is -0.139. The fraction of sp³-hybridized carbons (Fsp3) is 0.261. The number of fused-ring (bicyclic) bond motifs is 1. The molecule has 1 aliphatic heterocycles. The van der Waals surface area contributed by atoms with Crippen LogP contribution in [0.15, 0.2) is 48.7 Å². The lowest BCUT2D eigenvalue weighted by atomic mass is 10.1. The number of alkyl halides is 3. The summed E-state index contributed by atoms with van der Waals surface area (Å²) < 4.78 is 60.9. The molecule has 2 aromatic heterocycles. The molecule has 1 fully saturated rings. The molecule has 1 saturated heterocycles. The van der Waals surface area contributed by atoms with Gasteiger partial charge in [0.05, 0.1) is 16.6 Å². The Balaban J connectivity index is 1.65. The molecule has 0 unspecified atom stereocenters. The van der Waals surface area contributed by atoms with Crippen LogP contribution < -0.4 is 5.32 Å². The number of imidazole rings is 1. The maximum Gasteiger partial charge on any atom is 0.419 e. The monoisotopic (exact) mass is 473 g/mol. The first-order chi connectivity index (χ1) is 16.3. The highest BCUT2D eigenvalue weighted by Gasteiger charge is 2.34. The Hall–Kier alpha value is -3.73. The summed E-state index contributed by atoms with van der Waals surface area (Å²) in [7, 11) is 0. The lowest BCUT2D eigenvalue weighted by Gasteiger charge is -2.23. The molecule has 4 aromatic rings. The Morgan fingerprint density at radius 3 is 2.59 bits per heavy atom. The Labute approximate surface area is 191 Å². The second-order valence-corrected chi connectivity index (χ2v) is 7.91. The van der Waals surface area contributed by atoms with E-state index in [1.807, 2.05) is 0 Å². The summed E-state index contributed by atoms with van der Waals surface area (Å²) in [4.78, 5) is 13.3. The van der Waals surface area contributed by atoms with Crippen LogP contribution in [0.5, 0.6) is 5.75 Å². The first-order valence-electron chi connectivity index (χ1n) is 10.6. The Morgan fingerprint density at radius 1 is 1.03 bits per heavy atom. The number of nitrogens with one attached hydrogen (secondary N) is 1. The van der Waals surface area contributed by atoms with Crippen molar-refractivity contribution in [3.05, 3.63) is 60.0 Å². The van der Waals surface area contributed by atoms with E-state index < -0.39 is 17.6 Å². The number of phenols is 1. The highest BCUT2D eigenvalue weighted by atomic mass is 19.4. The molecule has 2 N–H and O–H groups in total. The molecule has 7 nitrogen and oxygen atoms in total. The topological polar surface area (TPSA) is 85.1 Å². The zero-order chi connectivity index (χ0) is 23.9. The van der Waals surface area contributed by atoms with E-state index in [0.717, 1.165) is 25.0 Å². The summed E-state index contributed by atoms with van der Waals surface area (Å²) in [5.74, 6) is -0.608. The van der Waals surface area contributed by atoms with Crippen molar-refractivity contribution in [3.8, 4) is 23.0 Å². The highest BCUT2D eigenvalue weighted by molar-refractivity contribution is 5.84. The van der Waals surface area contributed by atoms with Gasteiger partial charge in [-0.2, -0.15) is 18.2 Å². The van der Waals surface area contributed by atoms with Gasteiger partial charge in [0.1, 0.15) is 23.2 Å². The van der Waals surface area contributed by atoms with E-state index in [9.17, 15) is 22.7 Å². The molecule has 0 amide bonds. The van der Waals surface area contributed by atoms with Crippen molar-refractivity contribution >= 4 is 17.0 Å². The van der Waals surface area contributed by atoms with Crippen molar-refractivity contribution in [3.63, 3.8) is 0 Å². The van der Waals surface area contributed by atoms with Gasteiger partial charge in [-0.3, -0.25) is 4.57 Å². The third-order valence-electron chi connectivity index (χ3n) is 5.59. The van der Waals surface area contributed by atoms with Crippen molar-refractivity contribution in [2.24, 2.45) is 0 Å². The predicted molar refractivity (Wildman–Crippen MR) is 116 cm³/mol. The van der Waals surface area contributed by atoms with E-state index in [1.54, 1.807) is 16.7 Å². The fourth-order valence-electron chi connectivity index (χ4n) is 3.94. The van der Waals surface area contributed by atoms with E-state index in [2.05, 4.69) is 20.3 Å². The number of phenolic OH excluding ortho intramolecular Hbond substituents is 1. The van der Waals surface area contributed by atoms with E-state index >= 15 is 0 Å². The van der Waals surface area contributed by atoms with Crippen molar-refractivity contribution in [2.45, 2.75) is 25.1 Å². The zero-order valence-corrected chi connectivity index (χ0v) is 17.7. The third kappa shape index (κ3) is 4.26. The quantitative estimate of drug-likeness (QED) is 0.409. The maximum atomic E-state index is 13.9. The average Bonchev–Trinajstić information content (AvgIpc) is 3.18. The van der Waals surface area contributed by atoms with Crippen LogP contribution in [0.25, 0.3) is 28.2 Å². The predicted octanol–water partition coefficient (Wildman–Crippen LogP) is 4.94. The molecule has 3 heterocycles. The summed E-state index contributed by atoms with van der Waals surface area (Å²) in [6.45, 7) is 1.26. The van der Waals surface area contributed by atoms with Gasteiger partial charge in [0.2, 0.25) is 5.95 Å². The molecule has 5 rings (SSSR count). The van der Waals surface area contributed by atoms with Gasteiger partial charge < -0.3 is 15.2 Å². The lowest BCUT2D eigenvalue weighted by Crippen LogP contribution is -2.28. The van der Waals surface area contributed by atoms with Crippen LogP contribution in [0.4, 0.5) is 23.5 Å². The van der Waals surface area contributed by atoms with Gasteiger partial charge in [0.15, 0.2) is 0 Å². The number of anilines is 1. The van der Waals surface area contributed by atoms with Crippen LogP contribution in [-0.2, 0) is 10.9 Å². The molecular weight excluding hydrogens is 454 g/mol. The van der Waals surface area contributed by atoms with Crippen LogP contribution in [0.3, 0.4) is 0 Å². The van der Waals surface area contributed by atoms with Crippen molar-refractivity contribution < 1.29 is 27.4 Å². The highest BCUT2D eigenvalue weighted by Crippen LogP contribution is 2.36. The Kier molecular flexibility index (Phi) is 5.56. The standard InChI is InChI=1S/C23H19F4N5O2/c24-17-3-1-13(11-16(17)23(25,26)27)21-30-18-12-15(33)2-4-19(18)32(21)20-5-8-28-22(31-20)29-14-6-9-34-10-7-14/h1-5,8,11-12,14,33H,6-7,9-10H2,(H,28,29,31). The summed E-state index contributed by atoms with van der Waals surface area (Å²) in [6.07, 6.45) is -1.75. The number of rotatable bonds is 4. The number of aromatic hydroxyl groups is 1. The molecule has 0 atom stereocenters. The SMILES string of the molecule is Oc1ccc2c(c1)nc(-c1ccc(F)c(C(F)(F)F)c1)n2-c1ccnc(NC2CCOCC2)n1. The maximum absolute atomic E-state index is 13.9. The molecule has 0 saturated carbocycles. The minimum absolute atomic E-state index is 0.0435. The molecule has 0 bridgehead atoms. The first kappa shape index (κ1) is 22.1.